The molecule has 2 saturated heterocycles. The number of fused-ring (bicyclic) bond motifs is 1. The standard InChI is InChI=1S/C9H18N2O/c12-7-9-3-1-2-8-6-10-4-5-11(8)9/h8-10,12H,1-7H2/t8-,9+/m1/s1. The number of hydrogen-bond donors (Lipinski definition) is 2. The first-order valence-electron chi connectivity index (χ1n) is 4.99. The first-order chi connectivity index (χ1) is 5.92. The van der Waals surface area contributed by atoms with Crippen LogP contribution in [-0.4, -0.2) is 48.3 Å². The topological polar surface area (TPSA) is 35.5 Å². The summed E-state index contributed by atoms with van der Waals surface area (Å²) in [5.74, 6) is 0. The van der Waals surface area contributed by atoms with Gasteiger partial charge in [0, 0.05) is 31.7 Å². The third kappa shape index (κ3) is 1.49. The second-order valence-electron chi connectivity index (χ2n) is 3.86. The molecule has 0 unspecified atom stereocenters. The molecule has 2 atom stereocenters. The van der Waals surface area contributed by atoms with Crippen LogP contribution in [0.3, 0.4) is 0 Å². The van der Waals surface area contributed by atoms with E-state index >= 15 is 0 Å². The molecule has 2 rings (SSSR count). The van der Waals surface area contributed by atoms with Crippen molar-refractivity contribution in [3.05, 3.63) is 0 Å². The molecule has 0 aromatic rings. The van der Waals surface area contributed by atoms with Gasteiger partial charge in [0.1, 0.15) is 0 Å². The molecular formula is C9H18N2O. The molecule has 2 N–H and O–H groups in total. The van der Waals surface area contributed by atoms with Crippen LogP contribution >= 0.6 is 0 Å². The summed E-state index contributed by atoms with van der Waals surface area (Å²) in [6.45, 7) is 3.68. The highest BCUT2D eigenvalue weighted by molar-refractivity contribution is 4.88. The van der Waals surface area contributed by atoms with Gasteiger partial charge in [0.05, 0.1) is 6.61 Å². The molecule has 0 bridgehead atoms. The Balaban J connectivity index is 1.99. The first-order valence-corrected chi connectivity index (χ1v) is 4.99. The zero-order chi connectivity index (χ0) is 8.39. The number of piperazine rings is 1. The molecule has 2 aliphatic heterocycles. The van der Waals surface area contributed by atoms with Gasteiger partial charge in [0.15, 0.2) is 0 Å². The second kappa shape index (κ2) is 3.73. The van der Waals surface area contributed by atoms with Crippen LogP contribution in [0.4, 0.5) is 0 Å². The van der Waals surface area contributed by atoms with Gasteiger partial charge in [-0.3, -0.25) is 4.90 Å². The van der Waals surface area contributed by atoms with E-state index in [0.29, 0.717) is 18.7 Å². The maximum Gasteiger partial charge on any atom is 0.0587 e. The van der Waals surface area contributed by atoms with Gasteiger partial charge in [-0.2, -0.15) is 0 Å². The van der Waals surface area contributed by atoms with E-state index in [2.05, 4.69) is 10.2 Å². The van der Waals surface area contributed by atoms with Gasteiger partial charge in [-0.05, 0) is 12.8 Å². The Kier molecular flexibility index (Phi) is 2.63. The highest BCUT2D eigenvalue weighted by atomic mass is 16.3. The fourth-order valence-corrected chi connectivity index (χ4v) is 2.48. The molecule has 0 aliphatic carbocycles. The lowest BCUT2D eigenvalue weighted by Crippen LogP contribution is -2.58. The van der Waals surface area contributed by atoms with Gasteiger partial charge < -0.3 is 10.4 Å². The van der Waals surface area contributed by atoms with Gasteiger partial charge in [-0.1, -0.05) is 6.42 Å². The highest BCUT2D eigenvalue weighted by Gasteiger charge is 2.31. The Hall–Kier alpha value is -0.120. The van der Waals surface area contributed by atoms with Crippen LogP contribution in [-0.2, 0) is 0 Å². The Morgan fingerprint density at radius 3 is 3.17 bits per heavy atom. The molecule has 3 heteroatoms. The lowest BCUT2D eigenvalue weighted by molar-refractivity contribution is 0.0300. The van der Waals surface area contributed by atoms with E-state index in [1.807, 2.05) is 0 Å². The molecule has 3 nitrogen and oxygen atoms in total. The summed E-state index contributed by atoms with van der Waals surface area (Å²) < 4.78 is 0. The molecule has 0 saturated carbocycles. The molecule has 2 fully saturated rings. The Bertz CT molecular complexity index is 143. The fourth-order valence-electron chi connectivity index (χ4n) is 2.48. The average Bonchev–Trinajstić information content (AvgIpc) is 2.17. The van der Waals surface area contributed by atoms with Crippen molar-refractivity contribution in [2.45, 2.75) is 31.3 Å². The van der Waals surface area contributed by atoms with Crippen molar-refractivity contribution in [1.29, 1.82) is 0 Å². The quantitative estimate of drug-likeness (QED) is 0.572. The van der Waals surface area contributed by atoms with Crippen molar-refractivity contribution >= 4 is 0 Å². The number of hydrogen-bond acceptors (Lipinski definition) is 3. The van der Waals surface area contributed by atoms with Crippen LogP contribution < -0.4 is 5.32 Å². The third-order valence-corrected chi connectivity index (χ3v) is 3.15. The van der Waals surface area contributed by atoms with E-state index < -0.39 is 0 Å². The van der Waals surface area contributed by atoms with Crippen LogP contribution in [0.2, 0.25) is 0 Å². The predicted octanol–water partition coefficient (Wildman–Crippen LogP) is -0.195. The first kappa shape index (κ1) is 8.48. The summed E-state index contributed by atoms with van der Waals surface area (Å²) in [5, 5.41) is 12.6. The summed E-state index contributed by atoms with van der Waals surface area (Å²) in [4.78, 5) is 2.49. The smallest absolute Gasteiger partial charge is 0.0587 e. The monoisotopic (exact) mass is 170 g/mol. The van der Waals surface area contributed by atoms with Crippen molar-refractivity contribution in [1.82, 2.24) is 10.2 Å². The maximum atomic E-state index is 9.17. The molecule has 12 heavy (non-hydrogen) atoms. The van der Waals surface area contributed by atoms with Gasteiger partial charge in [0.25, 0.3) is 0 Å². The fraction of sp³-hybridized carbons (Fsp3) is 1.00. The van der Waals surface area contributed by atoms with E-state index in [1.165, 1.54) is 19.3 Å². The minimum atomic E-state index is 0.344. The molecular weight excluding hydrogens is 152 g/mol. The normalized spacial score (nSPS) is 37.8. The minimum absolute atomic E-state index is 0.344. The molecule has 0 radical (unpaired) electrons. The maximum absolute atomic E-state index is 9.17. The van der Waals surface area contributed by atoms with Gasteiger partial charge >= 0.3 is 0 Å². The number of nitrogens with zero attached hydrogens (tertiary/aromatic N) is 1. The summed E-state index contributed by atoms with van der Waals surface area (Å²) in [6.07, 6.45) is 3.78. The zero-order valence-electron chi connectivity index (χ0n) is 7.50. The summed E-state index contributed by atoms with van der Waals surface area (Å²) in [5.41, 5.74) is 0. The average molecular weight is 170 g/mol. The SMILES string of the molecule is OC[C@@H]1CCC[C@@H]2CNCCN12. The Morgan fingerprint density at radius 2 is 2.33 bits per heavy atom. The van der Waals surface area contributed by atoms with Gasteiger partial charge in [0.2, 0.25) is 0 Å². The zero-order valence-corrected chi connectivity index (χ0v) is 7.50. The van der Waals surface area contributed by atoms with Crippen LogP contribution in [0.25, 0.3) is 0 Å². The summed E-state index contributed by atoms with van der Waals surface area (Å²) in [6, 6.07) is 1.15. The van der Waals surface area contributed by atoms with Crippen LogP contribution in [0.5, 0.6) is 0 Å². The van der Waals surface area contributed by atoms with Crippen LogP contribution in [0.1, 0.15) is 19.3 Å². The van der Waals surface area contributed by atoms with Gasteiger partial charge in [-0.25, -0.2) is 0 Å². The summed E-state index contributed by atoms with van der Waals surface area (Å²) >= 11 is 0. The Labute approximate surface area is 73.8 Å². The van der Waals surface area contributed by atoms with E-state index in [0.717, 1.165) is 19.6 Å². The van der Waals surface area contributed by atoms with E-state index in [1.54, 1.807) is 0 Å². The van der Waals surface area contributed by atoms with E-state index in [-0.39, 0.29) is 0 Å². The number of rotatable bonds is 1. The van der Waals surface area contributed by atoms with Crippen molar-refractivity contribution in [2.24, 2.45) is 0 Å². The van der Waals surface area contributed by atoms with Crippen molar-refractivity contribution in [2.75, 3.05) is 26.2 Å². The van der Waals surface area contributed by atoms with Crippen molar-refractivity contribution in [3.8, 4) is 0 Å². The number of aliphatic hydroxyl groups is 1. The minimum Gasteiger partial charge on any atom is -0.395 e. The molecule has 0 amide bonds. The van der Waals surface area contributed by atoms with Crippen molar-refractivity contribution in [3.63, 3.8) is 0 Å². The van der Waals surface area contributed by atoms with Crippen molar-refractivity contribution < 1.29 is 5.11 Å². The largest absolute Gasteiger partial charge is 0.395 e. The lowest BCUT2D eigenvalue weighted by Gasteiger charge is -2.44. The highest BCUT2D eigenvalue weighted by Crippen LogP contribution is 2.23. The van der Waals surface area contributed by atoms with Crippen LogP contribution in [0.15, 0.2) is 0 Å². The number of piperidine rings is 1. The summed E-state index contributed by atoms with van der Waals surface area (Å²) in [7, 11) is 0. The molecule has 0 spiro atoms. The molecule has 0 aromatic carbocycles. The lowest BCUT2D eigenvalue weighted by atomic mass is 9.94. The molecule has 0 aromatic heterocycles. The molecule has 2 heterocycles. The third-order valence-electron chi connectivity index (χ3n) is 3.15. The molecule has 2 aliphatic rings. The predicted molar refractivity (Wildman–Crippen MR) is 48.1 cm³/mol. The van der Waals surface area contributed by atoms with E-state index in [9.17, 15) is 0 Å². The Morgan fingerprint density at radius 1 is 1.42 bits per heavy atom. The molecule has 70 valence electrons. The van der Waals surface area contributed by atoms with E-state index in [4.69, 9.17) is 5.11 Å². The number of aliphatic hydroxyl groups excluding tert-OH is 1. The van der Waals surface area contributed by atoms with Crippen LogP contribution in [0, 0.1) is 0 Å². The van der Waals surface area contributed by atoms with Gasteiger partial charge in [-0.15, -0.1) is 0 Å². The number of nitrogens with one attached hydrogen (secondary N) is 1. The second-order valence-corrected chi connectivity index (χ2v) is 3.86.